The Kier molecular flexibility index (Phi) is 6.49. The number of carbonyl (C=O) groups is 1. The molecule has 1 saturated carbocycles. The topological polar surface area (TPSA) is 59.6 Å². The maximum absolute atomic E-state index is 13.6. The highest BCUT2D eigenvalue weighted by molar-refractivity contribution is 5.97. The van der Waals surface area contributed by atoms with Crippen LogP contribution >= 0.6 is 0 Å². The maximum atomic E-state index is 13.6. The van der Waals surface area contributed by atoms with Crippen molar-refractivity contribution in [3.05, 3.63) is 112 Å². The van der Waals surface area contributed by atoms with Crippen molar-refractivity contribution in [2.75, 3.05) is 10.6 Å². The van der Waals surface area contributed by atoms with Crippen molar-refractivity contribution in [2.45, 2.75) is 71.4 Å². The molecule has 2 aliphatic heterocycles. The highest BCUT2D eigenvalue weighted by atomic mass is 16.6. The van der Waals surface area contributed by atoms with Gasteiger partial charge in [-0.15, -0.1) is 0 Å². The first-order chi connectivity index (χ1) is 20.3. The molecule has 2 atom stereocenters. The highest BCUT2D eigenvalue weighted by Crippen LogP contribution is 2.59. The summed E-state index contributed by atoms with van der Waals surface area (Å²) in [6, 6.07) is 24.8. The smallest absolute Gasteiger partial charge is 0.340 e. The molecule has 4 aromatic carbocycles. The normalized spacial score (nSPS) is 19.8. The van der Waals surface area contributed by atoms with E-state index in [9.17, 15) is 4.79 Å². The molecule has 5 heteroatoms. The van der Waals surface area contributed by atoms with Crippen LogP contribution in [0.3, 0.4) is 0 Å². The number of rotatable bonds is 5. The SMILES string of the molecule is Cc1ccc(Nc2cc3c(cc2C)Oc2cccc(NC(C)C4CCCCC4)c2C32OC(=O)c3ccccc32)c(C)c1. The van der Waals surface area contributed by atoms with E-state index in [1.54, 1.807) is 0 Å². The number of nitrogens with one attached hydrogen (secondary N) is 2. The summed E-state index contributed by atoms with van der Waals surface area (Å²) in [5.41, 5.74) is 8.37. The van der Waals surface area contributed by atoms with E-state index in [0.29, 0.717) is 23.0 Å². The number of hydrogen-bond acceptors (Lipinski definition) is 5. The number of ether oxygens (including phenoxy) is 2. The Morgan fingerprint density at radius 2 is 1.57 bits per heavy atom. The third-order valence-electron chi connectivity index (χ3n) is 9.47. The minimum atomic E-state index is -1.14. The van der Waals surface area contributed by atoms with Gasteiger partial charge in [-0.1, -0.05) is 61.2 Å². The van der Waals surface area contributed by atoms with Crippen LogP contribution in [0.2, 0.25) is 0 Å². The number of esters is 1. The number of aryl methyl sites for hydroxylation is 3. The minimum absolute atomic E-state index is 0.280. The maximum Gasteiger partial charge on any atom is 0.340 e. The van der Waals surface area contributed by atoms with Gasteiger partial charge in [-0.25, -0.2) is 4.79 Å². The molecule has 2 unspecified atom stereocenters. The van der Waals surface area contributed by atoms with Gasteiger partial charge in [0.25, 0.3) is 0 Å². The molecule has 2 N–H and O–H groups in total. The third kappa shape index (κ3) is 4.25. The molecule has 4 aromatic rings. The second-order valence-electron chi connectivity index (χ2n) is 12.3. The van der Waals surface area contributed by atoms with E-state index < -0.39 is 5.60 Å². The monoisotopic (exact) mass is 558 g/mol. The summed E-state index contributed by atoms with van der Waals surface area (Å²) in [5, 5.41) is 7.52. The van der Waals surface area contributed by atoms with E-state index in [1.165, 1.54) is 43.2 Å². The summed E-state index contributed by atoms with van der Waals surface area (Å²) in [5.74, 6) is 1.71. The minimum Gasteiger partial charge on any atom is -0.456 e. The fourth-order valence-corrected chi connectivity index (χ4v) is 7.23. The van der Waals surface area contributed by atoms with Gasteiger partial charge in [-0.3, -0.25) is 0 Å². The summed E-state index contributed by atoms with van der Waals surface area (Å²) in [6.07, 6.45) is 6.36. The zero-order valence-electron chi connectivity index (χ0n) is 24.8. The molecule has 0 bridgehead atoms. The molecule has 1 fully saturated rings. The van der Waals surface area contributed by atoms with Crippen LogP contribution in [0.25, 0.3) is 0 Å². The predicted octanol–water partition coefficient (Wildman–Crippen LogP) is 9.30. The number of benzene rings is 4. The molecule has 7 rings (SSSR count). The van der Waals surface area contributed by atoms with Gasteiger partial charge in [-0.2, -0.15) is 0 Å². The van der Waals surface area contributed by atoms with Gasteiger partial charge in [-0.05, 0) is 94.0 Å². The molecule has 0 saturated heterocycles. The Morgan fingerprint density at radius 1 is 0.786 bits per heavy atom. The lowest BCUT2D eigenvalue weighted by Crippen LogP contribution is -2.36. The van der Waals surface area contributed by atoms with E-state index in [1.807, 2.05) is 36.4 Å². The molecule has 3 aliphatic rings. The van der Waals surface area contributed by atoms with Crippen molar-refractivity contribution in [3.8, 4) is 11.5 Å². The van der Waals surface area contributed by atoms with Crippen molar-refractivity contribution in [1.82, 2.24) is 0 Å². The third-order valence-corrected chi connectivity index (χ3v) is 9.47. The molecular weight excluding hydrogens is 520 g/mol. The second-order valence-corrected chi connectivity index (χ2v) is 12.3. The molecule has 0 aromatic heterocycles. The van der Waals surface area contributed by atoms with E-state index in [4.69, 9.17) is 9.47 Å². The Labute approximate surface area is 248 Å². The van der Waals surface area contributed by atoms with Gasteiger partial charge in [0, 0.05) is 34.2 Å². The van der Waals surface area contributed by atoms with E-state index >= 15 is 0 Å². The highest BCUT2D eigenvalue weighted by Gasteiger charge is 2.55. The average Bonchev–Trinajstić information content (AvgIpc) is 3.28. The molecular formula is C37H38N2O3. The Bertz CT molecular complexity index is 1700. The molecule has 1 spiro atoms. The first-order valence-electron chi connectivity index (χ1n) is 15.3. The second kappa shape index (κ2) is 10.2. The lowest BCUT2D eigenvalue weighted by molar-refractivity contribution is 0.0226. The van der Waals surface area contributed by atoms with Crippen LogP contribution < -0.4 is 15.4 Å². The van der Waals surface area contributed by atoms with Crippen molar-refractivity contribution in [1.29, 1.82) is 0 Å². The van der Waals surface area contributed by atoms with E-state index in [2.05, 4.69) is 74.7 Å². The number of anilines is 3. The zero-order valence-corrected chi connectivity index (χ0v) is 24.8. The Balaban J connectivity index is 1.41. The van der Waals surface area contributed by atoms with Crippen LogP contribution in [-0.4, -0.2) is 12.0 Å². The summed E-state index contributed by atoms with van der Waals surface area (Å²) in [7, 11) is 0. The fraction of sp³-hybridized carbons (Fsp3) is 0.324. The summed E-state index contributed by atoms with van der Waals surface area (Å²) >= 11 is 0. The largest absolute Gasteiger partial charge is 0.456 e. The molecule has 5 nitrogen and oxygen atoms in total. The summed E-state index contributed by atoms with van der Waals surface area (Å²) in [4.78, 5) is 13.6. The molecule has 2 heterocycles. The van der Waals surface area contributed by atoms with Crippen molar-refractivity contribution in [3.63, 3.8) is 0 Å². The molecule has 42 heavy (non-hydrogen) atoms. The summed E-state index contributed by atoms with van der Waals surface area (Å²) < 4.78 is 13.2. The lowest BCUT2D eigenvalue weighted by atomic mass is 9.76. The van der Waals surface area contributed by atoms with Gasteiger partial charge in [0.1, 0.15) is 11.5 Å². The van der Waals surface area contributed by atoms with Crippen LogP contribution in [0.15, 0.2) is 72.8 Å². The van der Waals surface area contributed by atoms with Crippen LogP contribution in [0, 0.1) is 26.7 Å². The molecule has 0 radical (unpaired) electrons. The van der Waals surface area contributed by atoms with E-state index in [-0.39, 0.29) is 12.0 Å². The van der Waals surface area contributed by atoms with Crippen molar-refractivity contribution in [2.24, 2.45) is 5.92 Å². The zero-order chi connectivity index (χ0) is 29.0. The molecule has 0 amide bonds. The average molecular weight is 559 g/mol. The number of hydrogen-bond donors (Lipinski definition) is 2. The molecule has 1 aliphatic carbocycles. The van der Waals surface area contributed by atoms with Crippen molar-refractivity contribution >= 4 is 23.0 Å². The van der Waals surface area contributed by atoms with Gasteiger partial charge < -0.3 is 20.1 Å². The standard InChI is InChI=1S/C37H38N2O3/c1-22-17-18-30(23(2)19-22)39-32-21-29-34(20-24(32)3)41-33-16-10-15-31(38-25(4)26-11-6-5-7-12-26)35(33)37(29)28-14-9-8-13-27(28)36(40)42-37/h8-10,13-21,25-26,38-39H,5-7,11-12H2,1-4H3. The van der Waals surface area contributed by atoms with Gasteiger partial charge in [0.2, 0.25) is 0 Å². The number of carbonyl (C=O) groups excluding carboxylic acids is 1. The van der Waals surface area contributed by atoms with Crippen LogP contribution in [-0.2, 0) is 10.3 Å². The van der Waals surface area contributed by atoms with Gasteiger partial charge >= 0.3 is 5.97 Å². The fourth-order valence-electron chi connectivity index (χ4n) is 7.23. The quantitative estimate of drug-likeness (QED) is 0.239. The van der Waals surface area contributed by atoms with Gasteiger partial charge in [0.15, 0.2) is 5.60 Å². The van der Waals surface area contributed by atoms with Crippen molar-refractivity contribution < 1.29 is 14.3 Å². The van der Waals surface area contributed by atoms with Crippen LogP contribution in [0.1, 0.15) is 82.8 Å². The van der Waals surface area contributed by atoms with Crippen LogP contribution in [0.5, 0.6) is 11.5 Å². The summed E-state index contributed by atoms with van der Waals surface area (Å²) in [6.45, 7) is 8.58. The van der Waals surface area contributed by atoms with Gasteiger partial charge in [0.05, 0.1) is 11.1 Å². The Morgan fingerprint density at radius 3 is 2.38 bits per heavy atom. The first kappa shape index (κ1) is 26.6. The number of fused-ring (bicyclic) bond motifs is 6. The lowest BCUT2D eigenvalue weighted by Gasteiger charge is -2.39. The Hall–Kier alpha value is -4.25. The first-order valence-corrected chi connectivity index (χ1v) is 15.3. The van der Waals surface area contributed by atoms with E-state index in [0.717, 1.165) is 39.3 Å². The predicted molar refractivity (Wildman–Crippen MR) is 168 cm³/mol. The van der Waals surface area contributed by atoms with Crippen LogP contribution in [0.4, 0.5) is 17.1 Å². The molecule has 214 valence electrons.